The van der Waals surface area contributed by atoms with Crippen molar-refractivity contribution in [1.82, 2.24) is 10.2 Å². The lowest BCUT2D eigenvalue weighted by Gasteiger charge is -2.34. The molecule has 0 aliphatic carbocycles. The van der Waals surface area contributed by atoms with E-state index in [9.17, 15) is 9.50 Å². The van der Waals surface area contributed by atoms with E-state index >= 15 is 0 Å². The molecule has 0 amide bonds. The number of ether oxygens (including phenoxy) is 2. The first-order valence-corrected chi connectivity index (χ1v) is 8.67. The number of halogens is 1. The maximum Gasteiger partial charge on any atom is 0.193 e. The first-order valence-electron chi connectivity index (χ1n) is 8.67. The summed E-state index contributed by atoms with van der Waals surface area (Å²) in [4.78, 5) is 6.50. The maximum atomic E-state index is 13.4. The molecule has 0 bridgehead atoms. The van der Waals surface area contributed by atoms with Gasteiger partial charge >= 0.3 is 0 Å². The summed E-state index contributed by atoms with van der Waals surface area (Å²) >= 11 is 0. The molecule has 1 fully saturated rings. The summed E-state index contributed by atoms with van der Waals surface area (Å²) in [5.41, 5.74) is 0.757. The number of aromatic hydroxyl groups is 1. The molecule has 2 rings (SSSR count). The second-order valence-corrected chi connectivity index (χ2v) is 6.09. The third-order valence-corrected chi connectivity index (χ3v) is 4.26. The molecule has 0 unspecified atom stereocenters. The minimum Gasteiger partial charge on any atom is -0.505 e. The number of likely N-dealkylation sites (tertiary alicyclic amines) is 1. The summed E-state index contributed by atoms with van der Waals surface area (Å²) < 4.78 is 24.3. The molecule has 6 nitrogen and oxygen atoms in total. The van der Waals surface area contributed by atoms with Crippen LogP contribution in [-0.4, -0.2) is 62.5 Å². The molecule has 1 aliphatic rings. The molecule has 0 aromatic heterocycles. The van der Waals surface area contributed by atoms with Crippen LogP contribution in [0.2, 0.25) is 0 Å². The molecular weight excluding hydrogens is 325 g/mol. The fourth-order valence-electron chi connectivity index (χ4n) is 2.86. The average molecular weight is 353 g/mol. The molecule has 7 heteroatoms. The fraction of sp³-hybridized carbons (Fsp3) is 0.611. The van der Waals surface area contributed by atoms with E-state index in [1.165, 1.54) is 12.1 Å². The zero-order valence-electron chi connectivity index (χ0n) is 15.0. The van der Waals surface area contributed by atoms with Gasteiger partial charge in [-0.2, -0.15) is 0 Å². The third kappa shape index (κ3) is 6.17. The van der Waals surface area contributed by atoms with Gasteiger partial charge in [0.15, 0.2) is 17.5 Å². The third-order valence-electron chi connectivity index (χ3n) is 4.26. The van der Waals surface area contributed by atoms with Crippen LogP contribution in [0.5, 0.6) is 5.75 Å². The summed E-state index contributed by atoms with van der Waals surface area (Å²) in [6.45, 7) is 3.67. The van der Waals surface area contributed by atoms with Crippen LogP contribution in [0.25, 0.3) is 0 Å². The van der Waals surface area contributed by atoms with Crippen molar-refractivity contribution >= 4 is 5.96 Å². The monoisotopic (exact) mass is 353 g/mol. The van der Waals surface area contributed by atoms with E-state index in [1.807, 2.05) is 0 Å². The van der Waals surface area contributed by atoms with Crippen molar-refractivity contribution in [2.24, 2.45) is 4.99 Å². The van der Waals surface area contributed by atoms with Crippen LogP contribution in [0, 0.1) is 5.82 Å². The molecule has 0 spiro atoms. The Labute approximate surface area is 148 Å². The first kappa shape index (κ1) is 19.5. The van der Waals surface area contributed by atoms with Gasteiger partial charge in [0.2, 0.25) is 0 Å². The molecular formula is C18H28FN3O3. The van der Waals surface area contributed by atoms with Crippen molar-refractivity contribution in [2.75, 3.05) is 40.5 Å². The molecule has 0 saturated carbocycles. The summed E-state index contributed by atoms with van der Waals surface area (Å²) in [6.07, 6.45) is 3.13. The number of benzene rings is 1. The molecule has 2 N–H and O–H groups in total. The van der Waals surface area contributed by atoms with Gasteiger partial charge in [0.25, 0.3) is 0 Å². The predicted octanol–water partition coefficient (Wildman–Crippen LogP) is 2.12. The molecule has 140 valence electrons. The summed E-state index contributed by atoms with van der Waals surface area (Å²) in [5, 5.41) is 12.5. The van der Waals surface area contributed by atoms with Gasteiger partial charge in [-0.1, -0.05) is 6.07 Å². The van der Waals surface area contributed by atoms with Gasteiger partial charge in [-0.15, -0.1) is 0 Å². The van der Waals surface area contributed by atoms with Crippen molar-refractivity contribution in [2.45, 2.75) is 31.9 Å². The number of methoxy groups -OCH3 is 1. The molecule has 25 heavy (non-hydrogen) atoms. The van der Waals surface area contributed by atoms with Crippen LogP contribution < -0.4 is 5.32 Å². The zero-order chi connectivity index (χ0) is 18.1. The average Bonchev–Trinajstić information content (AvgIpc) is 2.63. The lowest BCUT2D eigenvalue weighted by atomic mass is 10.1. The number of nitrogens with zero attached hydrogens (tertiary/aromatic N) is 2. The van der Waals surface area contributed by atoms with Crippen molar-refractivity contribution in [3.8, 4) is 5.75 Å². The fourth-order valence-corrected chi connectivity index (χ4v) is 2.86. The van der Waals surface area contributed by atoms with E-state index in [-0.39, 0.29) is 11.9 Å². The van der Waals surface area contributed by atoms with Gasteiger partial charge in [-0.25, -0.2) is 4.39 Å². The van der Waals surface area contributed by atoms with Gasteiger partial charge in [-0.05, 0) is 37.0 Å². The highest BCUT2D eigenvalue weighted by Gasteiger charge is 2.21. The Morgan fingerprint density at radius 2 is 2.12 bits per heavy atom. The van der Waals surface area contributed by atoms with Crippen molar-refractivity contribution in [1.29, 1.82) is 0 Å². The van der Waals surface area contributed by atoms with Crippen LogP contribution in [0.4, 0.5) is 4.39 Å². The normalized spacial score (nSPS) is 16.3. The van der Waals surface area contributed by atoms with E-state index in [2.05, 4.69) is 15.2 Å². The van der Waals surface area contributed by atoms with Crippen LogP contribution in [-0.2, 0) is 16.0 Å². The summed E-state index contributed by atoms with van der Waals surface area (Å²) in [6, 6.07) is 4.38. The number of guanidine groups is 1. The van der Waals surface area contributed by atoms with Gasteiger partial charge in [0.1, 0.15) is 0 Å². The molecule has 0 radical (unpaired) electrons. The molecule has 1 heterocycles. The number of phenolic OH excluding ortho intramolecular Hbond substituents is 1. The van der Waals surface area contributed by atoms with E-state index in [4.69, 9.17) is 9.47 Å². The second kappa shape index (κ2) is 10.2. The number of phenols is 1. The number of hydrogen-bond donors (Lipinski definition) is 2. The van der Waals surface area contributed by atoms with Crippen molar-refractivity contribution < 1.29 is 19.0 Å². The number of aliphatic imine (C=N–C) groups is 1. The largest absolute Gasteiger partial charge is 0.505 e. The number of rotatable bonds is 7. The minimum atomic E-state index is -0.610. The van der Waals surface area contributed by atoms with Gasteiger partial charge < -0.3 is 24.8 Å². The van der Waals surface area contributed by atoms with E-state index in [0.29, 0.717) is 6.54 Å². The molecule has 1 aliphatic heterocycles. The smallest absolute Gasteiger partial charge is 0.193 e. The van der Waals surface area contributed by atoms with Gasteiger partial charge in [-0.3, -0.25) is 4.99 Å². The Hall–Kier alpha value is -1.86. The SMILES string of the molecule is CN=C(NCc1ccc(O)c(F)c1)N1CCC(OCCCOC)CC1. The Kier molecular flexibility index (Phi) is 7.94. The Balaban J connectivity index is 1.75. The zero-order valence-corrected chi connectivity index (χ0v) is 15.0. The molecule has 1 saturated heterocycles. The molecule has 1 aromatic rings. The highest BCUT2D eigenvalue weighted by molar-refractivity contribution is 5.79. The van der Waals surface area contributed by atoms with Crippen LogP contribution >= 0.6 is 0 Å². The summed E-state index contributed by atoms with van der Waals surface area (Å²) in [5.74, 6) is -0.146. The number of piperidine rings is 1. The lowest BCUT2D eigenvalue weighted by molar-refractivity contribution is 0.00989. The number of nitrogens with one attached hydrogen (secondary N) is 1. The predicted molar refractivity (Wildman–Crippen MR) is 95.3 cm³/mol. The molecule has 1 aromatic carbocycles. The van der Waals surface area contributed by atoms with Gasteiger partial charge in [0, 0.05) is 47.0 Å². The van der Waals surface area contributed by atoms with Crippen LogP contribution in [0.3, 0.4) is 0 Å². The lowest BCUT2D eigenvalue weighted by Crippen LogP contribution is -2.46. The summed E-state index contributed by atoms with van der Waals surface area (Å²) in [7, 11) is 3.44. The Morgan fingerprint density at radius 3 is 2.76 bits per heavy atom. The van der Waals surface area contributed by atoms with Crippen LogP contribution in [0.15, 0.2) is 23.2 Å². The highest BCUT2D eigenvalue weighted by Crippen LogP contribution is 2.17. The van der Waals surface area contributed by atoms with Crippen molar-refractivity contribution in [3.63, 3.8) is 0 Å². The Bertz CT molecular complexity index is 560. The van der Waals surface area contributed by atoms with E-state index in [1.54, 1.807) is 20.2 Å². The van der Waals surface area contributed by atoms with E-state index in [0.717, 1.165) is 57.1 Å². The maximum absolute atomic E-state index is 13.4. The number of hydrogen-bond acceptors (Lipinski definition) is 4. The van der Waals surface area contributed by atoms with Gasteiger partial charge in [0.05, 0.1) is 6.10 Å². The second-order valence-electron chi connectivity index (χ2n) is 6.09. The topological polar surface area (TPSA) is 66.3 Å². The highest BCUT2D eigenvalue weighted by atomic mass is 19.1. The van der Waals surface area contributed by atoms with Crippen LogP contribution in [0.1, 0.15) is 24.8 Å². The standard InChI is InChI=1S/C18H28FN3O3/c1-20-18(21-13-14-4-5-17(23)16(19)12-14)22-8-6-15(7-9-22)25-11-3-10-24-2/h4-5,12,15,23H,3,6-11,13H2,1-2H3,(H,20,21). The molecule has 0 atom stereocenters. The van der Waals surface area contributed by atoms with E-state index < -0.39 is 5.82 Å². The minimum absolute atomic E-state index is 0.289. The van der Waals surface area contributed by atoms with Crippen molar-refractivity contribution in [3.05, 3.63) is 29.6 Å². The Morgan fingerprint density at radius 1 is 1.36 bits per heavy atom. The quantitative estimate of drug-likeness (QED) is 0.447. The first-order chi connectivity index (χ1) is 12.1.